The minimum atomic E-state index is -4.59. The van der Waals surface area contributed by atoms with E-state index in [1.54, 1.807) is 13.8 Å². The molecule has 0 fully saturated rings. The molecule has 116 valence electrons. The Morgan fingerprint density at radius 2 is 1.81 bits per heavy atom. The number of hydrogen-bond donors (Lipinski definition) is 3. The highest BCUT2D eigenvalue weighted by Crippen LogP contribution is 2.31. The summed E-state index contributed by atoms with van der Waals surface area (Å²) in [5.74, 6) is -1.96. The van der Waals surface area contributed by atoms with Crippen molar-refractivity contribution in [2.45, 2.75) is 26.1 Å². The highest BCUT2D eigenvalue weighted by atomic mass is 19.4. The lowest BCUT2D eigenvalue weighted by atomic mass is 10.0. The Morgan fingerprint density at radius 3 is 2.24 bits per heavy atom. The molecule has 1 unspecified atom stereocenters. The molecule has 0 aromatic heterocycles. The first-order valence-electron chi connectivity index (χ1n) is 6.11. The van der Waals surface area contributed by atoms with E-state index >= 15 is 0 Å². The quantitative estimate of drug-likeness (QED) is 0.736. The minimum Gasteiger partial charge on any atom is -0.398 e. The van der Waals surface area contributed by atoms with Crippen LogP contribution in [0.3, 0.4) is 0 Å². The maximum Gasteiger partial charge on any atom is 0.416 e. The summed E-state index contributed by atoms with van der Waals surface area (Å²) < 4.78 is 37.9. The number of benzene rings is 1. The average molecular weight is 303 g/mol. The number of nitrogens with one attached hydrogen (secondary N) is 1. The number of amides is 2. The molecule has 1 aromatic rings. The van der Waals surface area contributed by atoms with Gasteiger partial charge in [0.2, 0.25) is 5.91 Å². The molecular weight excluding hydrogens is 287 g/mol. The molecular formula is C13H16F3N3O2. The lowest BCUT2D eigenvalue weighted by molar-refractivity contribution is -0.137. The maximum absolute atomic E-state index is 12.6. The third-order valence-corrected chi connectivity index (χ3v) is 2.89. The van der Waals surface area contributed by atoms with E-state index in [9.17, 15) is 22.8 Å². The van der Waals surface area contributed by atoms with Crippen molar-refractivity contribution in [3.63, 3.8) is 0 Å². The largest absolute Gasteiger partial charge is 0.416 e. The third-order valence-electron chi connectivity index (χ3n) is 2.89. The van der Waals surface area contributed by atoms with Gasteiger partial charge < -0.3 is 16.8 Å². The van der Waals surface area contributed by atoms with Crippen LogP contribution in [0, 0.1) is 5.92 Å². The van der Waals surface area contributed by atoms with Gasteiger partial charge in [-0.1, -0.05) is 13.8 Å². The predicted octanol–water partition coefficient (Wildman–Crippen LogP) is 1.53. The number of alkyl halides is 3. The second-order valence-corrected chi connectivity index (χ2v) is 4.90. The van der Waals surface area contributed by atoms with E-state index in [1.165, 1.54) is 0 Å². The smallest absolute Gasteiger partial charge is 0.398 e. The van der Waals surface area contributed by atoms with Gasteiger partial charge in [-0.15, -0.1) is 0 Å². The summed E-state index contributed by atoms with van der Waals surface area (Å²) in [6, 6.07) is 1.42. The first-order chi connectivity index (χ1) is 9.54. The van der Waals surface area contributed by atoms with Gasteiger partial charge in [0.15, 0.2) is 0 Å². The highest BCUT2D eigenvalue weighted by Gasteiger charge is 2.32. The average Bonchev–Trinajstić information content (AvgIpc) is 2.33. The van der Waals surface area contributed by atoms with Crippen LogP contribution in [0.25, 0.3) is 0 Å². The van der Waals surface area contributed by atoms with Crippen molar-refractivity contribution in [3.05, 3.63) is 29.3 Å². The molecule has 0 aliphatic rings. The molecule has 1 rings (SSSR count). The maximum atomic E-state index is 12.6. The molecule has 0 aliphatic carbocycles. The summed E-state index contributed by atoms with van der Waals surface area (Å²) in [5.41, 5.74) is 9.19. The number of nitrogen functional groups attached to an aromatic ring is 1. The zero-order chi connectivity index (χ0) is 16.4. The van der Waals surface area contributed by atoms with Gasteiger partial charge in [0, 0.05) is 5.69 Å². The molecule has 0 radical (unpaired) electrons. The summed E-state index contributed by atoms with van der Waals surface area (Å²) in [6.07, 6.45) is -4.59. The van der Waals surface area contributed by atoms with Gasteiger partial charge >= 0.3 is 6.18 Å². The Morgan fingerprint density at radius 1 is 1.24 bits per heavy atom. The Balaban J connectivity index is 3.10. The van der Waals surface area contributed by atoms with Gasteiger partial charge in [0.05, 0.1) is 11.1 Å². The number of carbonyl (C=O) groups is 2. The Bertz CT molecular complexity index is 556. The van der Waals surface area contributed by atoms with Crippen LogP contribution >= 0.6 is 0 Å². The van der Waals surface area contributed by atoms with Crippen LogP contribution in [0.4, 0.5) is 18.9 Å². The van der Waals surface area contributed by atoms with Crippen molar-refractivity contribution in [1.29, 1.82) is 0 Å². The topological polar surface area (TPSA) is 98.2 Å². The fourth-order valence-corrected chi connectivity index (χ4v) is 1.71. The van der Waals surface area contributed by atoms with Crippen molar-refractivity contribution in [3.8, 4) is 0 Å². The predicted molar refractivity (Wildman–Crippen MR) is 71.1 cm³/mol. The normalized spacial score (nSPS) is 13.0. The van der Waals surface area contributed by atoms with E-state index < -0.39 is 29.6 Å². The molecule has 0 bridgehead atoms. The van der Waals surface area contributed by atoms with Crippen molar-refractivity contribution in [1.82, 2.24) is 5.32 Å². The summed E-state index contributed by atoms with van der Waals surface area (Å²) in [5, 5.41) is 2.29. The van der Waals surface area contributed by atoms with Crippen molar-refractivity contribution >= 4 is 17.5 Å². The Kier molecular flexibility index (Phi) is 4.82. The Labute approximate surface area is 119 Å². The number of primary amides is 1. The summed E-state index contributed by atoms with van der Waals surface area (Å²) in [4.78, 5) is 23.2. The molecule has 5 nitrogen and oxygen atoms in total. The molecule has 21 heavy (non-hydrogen) atoms. The van der Waals surface area contributed by atoms with E-state index in [-0.39, 0.29) is 17.2 Å². The SMILES string of the molecule is CC(C)C(NC(=O)c1cc(C(F)(F)F)ccc1N)C(N)=O. The fraction of sp³-hybridized carbons (Fsp3) is 0.385. The van der Waals surface area contributed by atoms with E-state index in [0.29, 0.717) is 6.07 Å². The molecule has 5 N–H and O–H groups in total. The monoisotopic (exact) mass is 303 g/mol. The molecule has 0 saturated carbocycles. The van der Waals surface area contributed by atoms with Crippen LogP contribution in [0.1, 0.15) is 29.8 Å². The summed E-state index contributed by atoms with van der Waals surface area (Å²) >= 11 is 0. The lowest BCUT2D eigenvalue weighted by Crippen LogP contribution is -2.47. The summed E-state index contributed by atoms with van der Waals surface area (Å²) in [6.45, 7) is 3.29. The zero-order valence-corrected chi connectivity index (χ0v) is 11.5. The standard InChI is InChI=1S/C13H16F3N3O2/c1-6(2)10(11(18)20)19-12(21)8-5-7(13(14,15)16)3-4-9(8)17/h3-6,10H,17H2,1-2H3,(H2,18,20)(H,19,21). The molecule has 0 aliphatic heterocycles. The molecule has 1 atom stereocenters. The molecule has 8 heteroatoms. The number of nitrogens with two attached hydrogens (primary N) is 2. The zero-order valence-electron chi connectivity index (χ0n) is 11.5. The van der Waals surface area contributed by atoms with Crippen LogP contribution in [-0.4, -0.2) is 17.9 Å². The van der Waals surface area contributed by atoms with Crippen LogP contribution in [-0.2, 0) is 11.0 Å². The fourth-order valence-electron chi connectivity index (χ4n) is 1.71. The number of hydrogen-bond acceptors (Lipinski definition) is 3. The number of halogens is 3. The number of rotatable bonds is 4. The van der Waals surface area contributed by atoms with Gasteiger partial charge in [-0.25, -0.2) is 0 Å². The van der Waals surface area contributed by atoms with Gasteiger partial charge in [0.1, 0.15) is 6.04 Å². The highest BCUT2D eigenvalue weighted by molar-refractivity contribution is 6.01. The summed E-state index contributed by atoms with van der Waals surface area (Å²) in [7, 11) is 0. The lowest BCUT2D eigenvalue weighted by Gasteiger charge is -2.19. The first kappa shape index (κ1) is 16.8. The third kappa shape index (κ3) is 4.11. The van der Waals surface area contributed by atoms with Gasteiger partial charge in [0.25, 0.3) is 5.91 Å². The van der Waals surface area contributed by atoms with Crippen LogP contribution in [0.2, 0.25) is 0 Å². The van der Waals surface area contributed by atoms with Gasteiger partial charge in [-0.2, -0.15) is 13.2 Å². The van der Waals surface area contributed by atoms with Gasteiger partial charge in [-0.3, -0.25) is 9.59 Å². The molecule has 0 saturated heterocycles. The van der Waals surface area contributed by atoms with E-state index in [1.807, 2.05) is 0 Å². The minimum absolute atomic E-state index is 0.118. The van der Waals surface area contributed by atoms with Crippen LogP contribution < -0.4 is 16.8 Å². The van der Waals surface area contributed by atoms with Crippen LogP contribution in [0.15, 0.2) is 18.2 Å². The van der Waals surface area contributed by atoms with Crippen molar-refractivity contribution < 1.29 is 22.8 Å². The van der Waals surface area contributed by atoms with Crippen LogP contribution in [0.5, 0.6) is 0 Å². The number of carbonyl (C=O) groups excluding carboxylic acids is 2. The molecule has 0 spiro atoms. The van der Waals surface area contributed by atoms with E-state index in [2.05, 4.69) is 5.32 Å². The molecule has 1 aromatic carbocycles. The first-order valence-corrected chi connectivity index (χ1v) is 6.11. The second kappa shape index (κ2) is 6.02. The Hall–Kier alpha value is -2.25. The second-order valence-electron chi connectivity index (χ2n) is 4.90. The van der Waals surface area contributed by atoms with E-state index in [0.717, 1.165) is 12.1 Å². The molecule has 0 heterocycles. The van der Waals surface area contributed by atoms with Gasteiger partial charge in [-0.05, 0) is 24.1 Å². The van der Waals surface area contributed by atoms with Crippen molar-refractivity contribution in [2.75, 3.05) is 5.73 Å². The van der Waals surface area contributed by atoms with Crippen molar-refractivity contribution in [2.24, 2.45) is 11.7 Å². The molecule has 2 amide bonds. The number of anilines is 1. The van der Waals surface area contributed by atoms with E-state index in [4.69, 9.17) is 11.5 Å².